The molecule has 0 saturated heterocycles. The molecule has 0 aromatic heterocycles. The van der Waals surface area contributed by atoms with Crippen molar-refractivity contribution in [1.29, 1.82) is 0 Å². The van der Waals surface area contributed by atoms with Crippen molar-refractivity contribution in [3.63, 3.8) is 0 Å². The molecule has 0 saturated carbocycles. The number of hydrogen-bond donors (Lipinski definition) is 7. The second-order valence-corrected chi connectivity index (χ2v) is 28.9. The Morgan fingerprint density at radius 2 is 1.10 bits per heavy atom. The zero-order valence-corrected chi connectivity index (χ0v) is 50.1. The lowest BCUT2D eigenvalue weighted by atomic mass is 9.74. The van der Waals surface area contributed by atoms with Gasteiger partial charge in [0.05, 0.1) is 53.1 Å². The Balaban J connectivity index is 1.49. The van der Waals surface area contributed by atoms with Gasteiger partial charge in [-0.15, -0.1) is 0 Å². The fourth-order valence-electron chi connectivity index (χ4n) is 10.7. The van der Waals surface area contributed by atoms with Gasteiger partial charge in [-0.2, -0.15) is 55.1 Å². The third-order valence-electron chi connectivity index (χ3n) is 14.3. The smallest absolute Gasteiger partial charge is 0.303 e. The van der Waals surface area contributed by atoms with E-state index in [1.807, 2.05) is 11.8 Å². The molecule has 31 heteroatoms. The number of anilines is 1. The third kappa shape index (κ3) is 16.5. The summed E-state index contributed by atoms with van der Waals surface area (Å²) in [4.78, 5) is 9.91. The highest BCUT2D eigenvalue weighted by molar-refractivity contribution is 7.87. The first-order valence-corrected chi connectivity index (χ1v) is 34.5. The fourth-order valence-corrected chi connectivity index (χ4v) is 14.4. The van der Waals surface area contributed by atoms with Crippen LogP contribution in [0.15, 0.2) is 116 Å². The van der Waals surface area contributed by atoms with E-state index in [4.69, 9.17) is 14.2 Å². The molecule has 25 nitrogen and oxygen atoms in total. The highest BCUT2D eigenvalue weighted by atomic mass is 32.2. The molecule has 83 heavy (non-hydrogen) atoms. The molecule has 0 spiro atoms. The van der Waals surface area contributed by atoms with E-state index in [0.717, 1.165) is 12.1 Å². The quantitative estimate of drug-likeness (QED) is 0.0125. The van der Waals surface area contributed by atoms with Gasteiger partial charge in [-0.3, -0.25) is 32.1 Å². The van der Waals surface area contributed by atoms with E-state index in [1.54, 1.807) is 60.1 Å². The summed E-state index contributed by atoms with van der Waals surface area (Å²) in [6.07, 6.45) is 12.1. The first-order valence-electron chi connectivity index (χ1n) is 25.6. The van der Waals surface area contributed by atoms with Crippen molar-refractivity contribution < 1.29 is 107 Å². The summed E-state index contributed by atoms with van der Waals surface area (Å²) < 4.78 is 228. The Labute approximate surface area is 482 Å². The molecule has 0 radical (unpaired) electrons. The summed E-state index contributed by atoms with van der Waals surface area (Å²) >= 11 is 0. The van der Waals surface area contributed by atoms with Gasteiger partial charge < -0.3 is 24.2 Å². The monoisotopic (exact) mass is 1280 g/mol. The molecule has 0 bridgehead atoms. The number of fused-ring (bicyclic) bond motifs is 6. The number of rotatable bonds is 31. The van der Waals surface area contributed by atoms with Crippen LogP contribution >= 0.6 is 0 Å². The van der Waals surface area contributed by atoms with Crippen LogP contribution in [0.25, 0.3) is 21.5 Å². The number of hydrogen-bond acceptors (Lipinski definition) is 17. The molecule has 2 unspecified atom stereocenters. The summed E-state index contributed by atoms with van der Waals surface area (Å²) in [6.45, 7) is 4.65. The summed E-state index contributed by atoms with van der Waals surface area (Å²) in [5, 5.41) is 9.02. The zero-order valence-electron chi connectivity index (χ0n) is 45.2. The molecule has 7 N–H and O–H groups in total. The molecule has 2 atom stereocenters. The fraction of sp³-hybridized carbons (Fsp3) is 0.423. The SMILES string of the molecule is COCCOCCOCCC1(C)\C(=C/C=C/C=C/C=C/C2=[N+](CCCS(=O)(=O)O)c3ccc4c(S(=O)(=O)O)cc(S(=O)(=O)O)cc4c3C2(C)CCCS(=O)(=O)O)N(CCCCCC(=O)O)c2ccc3c(S(=O)(=O)O)cc(S(=O)(=O)O)cc3c21. The summed E-state index contributed by atoms with van der Waals surface area (Å²) in [7, 11) is -28.1. The molecule has 2 aliphatic rings. The molecule has 4 aromatic carbocycles. The number of methoxy groups -OCH3 is 1. The van der Waals surface area contributed by atoms with Crippen molar-refractivity contribution in [2.75, 3.05) is 69.6 Å². The van der Waals surface area contributed by atoms with Gasteiger partial charge in [0, 0.05) is 78.4 Å². The predicted molar refractivity (Wildman–Crippen MR) is 305 cm³/mol. The topological polar surface area (TPSA) is 397 Å². The van der Waals surface area contributed by atoms with E-state index in [0.29, 0.717) is 67.3 Å². The van der Waals surface area contributed by atoms with Crippen molar-refractivity contribution >= 4 is 105 Å². The van der Waals surface area contributed by atoms with Crippen LogP contribution in [-0.4, -0.2) is 164 Å². The Bertz CT molecular complexity index is 4030. The van der Waals surface area contributed by atoms with E-state index in [-0.39, 0.29) is 97.8 Å². The second kappa shape index (κ2) is 26.5. The number of aliphatic carboxylic acids is 1. The lowest BCUT2D eigenvalue weighted by Crippen LogP contribution is -2.32. The maximum absolute atomic E-state index is 12.9. The van der Waals surface area contributed by atoms with Gasteiger partial charge in [0.1, 0.15) is 16.3 Å². The normalized spacial score (nSPS) is 18.8. The zero-order chi connectivity index (χ0) is 61.6. The highest BCUT2D eigenvalue weighted by Gasteiger charge is 2.49. The molecule has 6 rings (SSSR count). The Hall–Kier alpha value is -5.36. The van der Waals surface area contributed by atoms with E-state index in [9.17, 15) is 87.7 Å². The van der Waals surface area contributed by atoms with Crippen LogP contribution < -0.4 is 4.90 Å². The van der Waals surface area contributed by atoms with Gasteiger partial charge in [-0.05, 0) is 105 Å². The number of unbranched alkanes of at least 4 members (excludes halogenated alkanes) is 2. The number of carbonyl (C=O) groups is 1. The van der Waals surface area contributed by atoms with Crippen LogP contribution in [0.1, 0.15) is 76.3 Å². The molecule has 4 aromatic rings. The number of allylic oxidation sites excluding steroid dienone is 8. The van der Waals surface area contributed by atoms with Crippen molar-refractivity contribution in [2.45, 2.75) is 95.6 Å². The molecule has 0 fully saturated rings. The van der Waals surface area contributed by atoms with Crippen LogP contribution in [0.3, 0.4) is 0 Å². The maximum Gasteiger partial charge on any atom is 0.303 e. The molecule has 0 amide bonds. The largest absolute Gasteiger partial charge is 0.481 e. The third-order valence-corrected chi connectivity index (χ3v) is 19.3. The minimum atomic E-state index is -5.18. The number of nitrogens with zero attached hydrogens (tertiary/aromatic N) is 2. The molecular formula is C52H65N2O23S6+. The number of carboxylic acid groups (broad SMARTS) is 1. The van der Waals surface area contributed by atoms with Crippen LogP contribution in [0, 0.1) is 0 Å². The van der Waals surface area contributed by atoms with Crippen LogP contribution in [-0.2, 0) is 90.5 Å². The van der Waals surface area contributed by atoms with Crippen molar-refractivity contribution in [2.24, 2.45) is 0 Å². The highest BCUT2D eigenvalue weighted by Crippen LogP contribution is 2.54. The van der Waals surface area contributed by atoms with E-state index in [1.165, 1.54) is 25.3 Å². The van der Waals surface area contributed by atoms with E-state index in [2.05, 4.69) is 0 Å². The van der Waals surface area contributed by atoms with E-state index < -0.39 is 109 Å². The summed E-state index contributed by atoms with van der Waals surface area (Å²) in [5.41, 5.74) is -0.356. The standard InChI is InChI=1S/C52H64N2O23S6/c1-51(21-12-30-78(57,58)59)46(54(24-13-31-79(60,61)62)42-19-17-38-40(49(42)51)32-36(80(63,64)65)34-44(38)82(69,70)71)14-8-5-4-6-9-15-47-52(2,22-25-76-28-29-77-27-26-75-3)50-41-33-37(81(66,67)68)35-45(83(72,73)74)39(41)18-20-43(50)53(47)23-11-7-10-16-48(55)56/h4-6,8-9,14-15,17-20,32-35H,7,10-13,16,21-31H2,1-3H3,(H6-,55,56,57,58,59,60,61,62,63,64,65,66,67,68,69,70,71,72,73,74)/p+1. The van der Waals surface area contributed by atoms with Gasteiger partial charge >= 0.3 is 5.97 Å². The minimum absolute atomic E-state index is 0.0566. The first kappa shape index (κ1) is 66.8. The molecule has 0 aliphatic carbocycles. The van der Waals surface area contributed by atoms with Crippen molar-refractivity contribution in [3.8, 4) is 0 Å². The van der Waals surface area contributed by atoms with Crippen molar-refractivity contribution in [1.82, 2.24) is 0 Å². The number of ether oxygens (including phenoxy) is 3. The summed E-state index contributed by atoms with van der Waals surface area (Å²) in [5.74, 6) is -2.46. The van der Waals surface area contributed by atoms with Gasteiger partial charge in [0.15, 0.2) is 5.71 Å². The Morgan fingerprint density at radius 3 is 1.65 bits per heavy atom. The number of benzene rings is 4. The van der Waals surface area contributed by atoms with Crippen LogP contribution in [0.2, 0.25) is 0 Å². The average molecular weight is 1280 g/mol. The van der Waals surface area contributed by atoms with Crippen molar-refractivity contribution in [3.05, 3.63) is 108 Å². The Kier molecular flexibility index (Phi) is 21.3. The van der Waals surface area contributed by atoms with Gasteiger partial charge in [-0.25, -0.2) is 0 Å². The second-order valence-electron chi connectivity index (χ2n) is 20.1. The lowest BCUT2D eigenvalue weighted by molar-refractivity contribution is -0.437. The minimum Gasteiger partial charge on any atom is -0.481 e. The maximum atomic E-state index is 12.9. The van der Waals surface area contributed by atoms with Gasteiger partial charge in [-0.1, -0.05) is 42.9 Å². The average Bonchev–Trinajstić information content (AvgIpc) is 1.71. The lowest BCUT2D eigenvalue weighted by Gasteiger charge is -2.31. The molecule has 2 aliphatic heterocycles. The summed E-state index contributed by atoms with van der Waals surface area (Å²) in [6, 6.07) is 8.99. The Morgan fingerprint density at radius 1 is 0.566 bits per heavy atom. The molecule has 2 heterocycles. The van der Waals surface area contributed by atoms with Crippen LogP contribution in [0.4, 0.5) is 11.4 Å². The number of carboxylic acids is 1. The van der Waals surface area contributed by atoms with E-state index >= 15 is 0 Å². The molecule has 456 valence electrons. The predicted octanol–water partition coefficient (Wildman–Crippen LogP) is 6.33. The van der Waals surface area contributed by atoms with Gasteiger partial charge in [0.2, 0.25) is 5.69 Å². The van der Waals surface area contributed by atoms with Gasteiger partial charge in [0.25, 0.3) is 60.7 Å². The first-order chi connectivity index (χ1) is 38.5. The molecular weight excluding hydrogens is 1210 g/mol. The van der Waals surface area contributed by atoms with Crippen LogP contribution in [0.5, 0.6) is 0 Å².